The minimum absolute atomic E-state index is 0.151. The van der Waals surface area contributed by atoms with E-state index in [1.807, 2.05) is 24.1 Å². The summed E-state index contributed by atoms with van der Waals surface area (Å²) < 4.78 is 1.81. The number of likely N-dealkylation sites (tertiary alicyclic amines) is 1. The highest BCUT2D eigenvalue weighted by atomic mass is 16.4. The second-order valence-electron chi connectivity index (χ2n) is 5.98. The number of aromatic nitrogens is 2. The molecule has 0 unspecified atom stereocenters. The number of aliphatic carboxylic acids is 1. The van der Waals surface area contributed by atoms with Gasteiger partial charge in [-0.3, -0.25) is 9.48 Å². The van der Waals surface area contributed by atoms with E-state index in [1.54, 1.807) is 0 Å². The average molecular weight is 263 g/mol. The van der Waals surface area contributed by atoms with Crippen LogP contribution in [-0.4, -0.2) is 45.4 Å². The number of hydrogen-bond donors (Lipinski definition) is 1. The zero-order valence-corrected chi connectivity index (χ0v) is 11.3. The average Bonchev–Trinajstić information content (AvgIpc) is 2.98. The van der Waals surface area contributed by atoms with E-state index in [1.165, 1.54) is 18.4 Å². The lowest BCUT2D eigenvalue weighted by atomic mass is 9.92. The van der Waals surface area contributed by atoms with Crippen molar-refractivity contribution in [3.8, 4) is 0 Å². The highest BCUT2D eigenvalue weighted by Crippen LogP contribution is 2.44. The monoisotopic (exact) mass is 263 g/mol. The maximum absolute atomic E-state index is 11.3. The van der Waals surface area contributed by atoms with Crippen molar-refractivity contribution in [2.24, 2.45) is 24.8 Å². The molecule has 1 aromatic rings. The van der Waals surface area contributed by atoms with Crippen molar-refractivity contribution >= 4 is 5.97 Å². The van der Waals surface area contributed by atoms with Gasteiger partial charge in [0, 0.05) is 32.9 Å². The van der Waals surface area contributed by atoms with Crippen LogP contribution in [0.5, 0.6) is 0 Å². The molecule has 0 amide bonds. The lowest BCUT2D eigenvalue weighted by molar-refractivity contribution is -0.142. The Hall–Kier alpha value is -1.36. The van der Waals surface area contributed by atoms with Gasteiger partial charge in [-0.25, -0.2) is 0 Å². The SMILES string of the molecule is Cn1cc(CCN2C[C@@H](C(=O)O)[C@H](C3CC3)C2)cn1. The molecular formula is C14H21N3O2. The lowest BCUT2D eigenvalue weighted by Crippen LogP contribution is -2.25. The molecule has 5 nitrogen and oxygen atoms in total. The molecule has 1 aromatic heterocycles. The van der Waals surface area contributed by atoms with E-state index in [-0.39, 0.29) is 5.92 Å². The third-order valence-corrected chi connectivity index (χ3v) is 4.46. The first-order valence-corrected chi connectivity index (χ1v) is 7.06. The Morgan fingerprint density at radius 2 is 2.26 bits per heavy atom. The van der Waals surface area contributed by atoms with Gasteiger partial charge in [0.2, 0.25) is 0 Å². The Balaban J connectivity index is 1.56. The number of carboxylic acid groups (broad SMARTS) is 1. The van der Waals surface area contributed by atoms with E-state index < -0.39 is 5.97 Å². The third kappa shape index (κ3) is 2.81. The van der Waals surface area contributed by atoms with Crippen LogP contribution in [0.25, 0.3) is 0 Å². The Bertz CT molecular complexity index is 467. The minimum atomic E-state index is -0.610. The Morgan fingerprint density at radius 1 is 1.47 bits per heavy atom. The normalized spacial score (nSPS) is 27.8. The number of aryl methyl sites for hydroxylation is 1. The molecule has 3 rings (SSSR count). The van der Waals surface area contributed by atoms with Crippen LogP contribution in [0.15, 0.2) is 12.4 Å². The topological polar surface area (TPSA) is 58.4 Å². The Kier molecular flexibility index (Phi) is 3.31. The van der Waals surface area contributed by atoms with E-state index in [0.29, 0.717) is 11.8 Å². The largest absolute Gasteiger partial charge is 0.481 e. The van der Waals surface area contributed by atoms with Gasteiger partial charge in [-0.05, 0) is 36.7 Å². The summed E-state index contributed by atoms with van der Waals surface area (Å²) in [7, 11) is 1.92. The van der Waals surface area contributed by atoms with Crippen molar-refractivity contribution in [3.63, 3.8) is 0 Å². The summed E-state index contributed by atoms with van der Waals surface area (Å²) in [5, 5.41) is 13.5. The van der Waals surface area contributed by atoms with Crippen molar-refractivity contribution in [1.29, 1.82) is 0 Å². The molecule has 19 heavy (non-hydrogen) atoms. The maximum atomic E-state index is 11.3. The van der Waals surface area contributed by atoms with Crippen molar-refractivity contribution < 1.29 is 9.90 Å². The van der Waals surface area contributed by atoms with E-state index in [9.17, 15) is 9.90 Å². The molecular weight excluding hydrogens is 242 g/mol. The lowest BCUT2D eigenvalue weighted by Gasteiger charge is -2.14. The summed E-state index contributed by atoms with van der Waals surface area (Å²) in [5.74, 6) is 0.290. The van der Waals surface area contributed by atoms with Crippen LogP contribution < -0.4 is 0 Å². The van der Waals surface area contributed by atoms with Gasteiger partial charge < -0.3 is 10.0 Å². The molecule has 104 valence electrons. The van der Waals surface area contributed by atoms with Crippen molar-refractivity contribution in [3.05, 3.63) is 18.0 Å². The van der Waals surface area contributed by atoms with Gasteiger partial charge >= 0.3 is 5.97 Å². The van der Waals surface area contributed by atoms with Crippen LogP contribution in [0, 0.1) is 17.8 Å². The zero-order chi connectivity index (χ0) is 13.4. The molecule has 1 aliphatic heterocycles. The fraction of sp³-hybridized carbons (Fsp3) is 0.714. The van der Waals surface area contributed by atoms with Crippen LogP contribution in [0.3, 0.4) is 0 Å². The first kappa shape index (κ1) is 12.7. The van der Waals surface area contributed by atoms with E-state index in [2.05, 4.69) is 10.00 Å². The first-order valence-electron chi connectivity index (χ1n) is 7.06. The van der Waals surface area contributed by atoms with Crippen LogP contribution in [0.1, 0.15) is 18.4 Å². The molecule has 1 N–H and O–H groups in total. The number of nitrogens with zero attached hydrogens (tertiary/aromatic N) is 3. The molecule has 0 spiro atoms. The molecule has 1 saturated carbocycles. The molecule has 1 aliphatic carbocycles. The van der Waals surface area contributed by atoms with Crippen LogP contribution in [0.2, 0.25) is 0 Å². The summed E-state index contributed by atoms with van der Waals surface area (Å²) >= 11 is 0. The van der Waals surface area contributed by atoms with Gasteiger partial charge in [0.15, 0.2) is 0 Å². The maximum Gasteiger partial charge on any atom is 0.308 e. The molecule has 0 radical (unpaired) electrons. The fourth-order valence-corrected chi connectivity index (χ4v) is 3.25. The summed E-state index contributed by atoms with van der Waals surface area (Å²) in [5.41, 5.74) is 1.23. The number of hydrogen-bond acceptors (Lipinski definition) is 3. The van der Waals surface area contributed by atoms with Gasteiger partial charge in [0.1, 0.15) is 0 Å². The zero-order valence-electron chi connectivity index (χ0n) is 11.3. The van der Waals surface area contributed by atoms with Crippen LogP contribution in [0.4, 0.5) is 0 Å². The summed E-state index contributed by atoms with van der Waals surface area (Å²) in [4.78, 5) is 13.6. The number of carbonyl (C=O) groups is 1. The highest BCUT2D eigenvalue weighted by Gasteiger charge is 2.45. The standard InChI is InChI=1S/C14H21N3O2/c1-16-7-10(6-15-16)4-5-17-8-12(11-2-3-11)13(9-17)14(18)19/h6-7,11-13H,2-5,8-9H2,1H3,(H,18,19)/t12-,13+/m0/s1. The predicted molar refractivity (Wildman–Crippen MR) is 70.7 cm³/mol. The molecule has 2 atom stereocenters. The molecule has 5 heteroatoms. The van der Waals surface area contributed by atoms with Gasteiger partial charge in [-0.1, -0.05) is 0 Å². The van der Waals surface area contributed by atoms with E-state index in [4.69, 9.17) is 0 Å². The summed E-state index contributed by atoms with van der Waals surface area (Å²) in [6, 6.07) is 0. The predicted octanol–water partition coefficient (Wildman–Crippen LogP) is 1.01. The van der Waals surface area contributed by atoms with Gasteiger partial charge in [0.05, 0.1) is 12.1 Å². The fourth-order valence-electron chi connectivity index (χ4n) is 3.25. The van der Waals surface area contributed by atoms with E-state index in [0.717, 1.165) is 26.1 Å². The van der Waals surface area contributed by atoms with Crippen molar-refractivity contribution in [2.75, 3.05) is 19.6 Å². The summed E-state index contributed by atoms with van der Waals surface area (Å²) in [6.45, 7) is 2.62. The van der Waals surface area contributed by atoms with Gasteiger partial charge in [0.25, 0.3) is 0 Å². The van der Waals surface area contributed by atoms with Crippen molar-refractivity contribution in [2.45, 2.75) is 19.3 Å². The smallest absolute Gasteiger partial charge is 0.308 e. The first-order chi connectivity index (χ1) is 9.13. The van der Waals surface area contributed by atoms with Crippen LogP contribution in [-0.2, 0) is 18.3 Å². The molecule has 2 heterocycles. The van der Waals surface area contributed by atoms with E-state index >= 15 is 0 Å². The quantitative estimate of drug-likeness (QED) is 0.861. The highest BCUT2D eigenvalue weighted by molar-refractivity contribution is 5.71. The minimum Gasteiger partial charge on any atom is -0.481 e. The number of carboxylic acids is 1. The Labute approximate surface area is 113 Å². The van der Waals surface area contributed by atoms with Crippen molar-refractivity contribution in [1.82, 2.24) is 14.7 Å². The second-order valence-corrected chi connectivity index (χ2v) is 5.98. The molecule has 2 aliphatic rings. The molecule has 0 aromatic carbocycles. The number of rotatable bonds is 5. The third-order valence-electron chi connectivity index (χ3n) is 4.46. The second kappa shape index (κ2) is 4.96. The molecule has 2 fully saturated rings. The molecule has 0 bridgehead atoms. The summed E-state index contributed by atoms with van der Waals surface area (Å²) in [6.07, 6.45) is 7.33. The molecule has 1 saturated heterocycles. The van der Waals surface area contributed by atoms with Gasteiger partial charge in [-0.15, -0.1) is 0 Å². The van der Waals surface area contributed by atoms with Gasteiger partial charge in [-0.2, -0.15) is 5.10 Å². The van der Waals surface area contributed by atoms with Crippen LogP contribution >= 0.6 is 0 Å². The Morgan fingerprint density at radius 3 is 2.84 bits per heavy atom.